The van der Waals surface area contributed by atoms with Crippen LogP contribution in [0.5, 0.6) is 0 Å². The minimum Gasteiger partial charge on any atom is -0.210 e. The Balaban J connectivity index is -0.000000130. The van der Waals surface area contributed by atoms with Gasteiger partial charge in [-0.15, -0.1) is 24.8 Å². The van der Waals surface area contributed by atoms with Crippen molar-refractivity contribution in [2.24, 2.45) is 0 Å². The van der Waals surface area contributed by atoms with Crippen LogP contribution >= 0.6 is 24.8 Å². The van der Waals surface area contributed by atoms with E-state index in [1.54, 1.807) is 0 Å². The second kappa shape index (κ2) is 18.2. The quantitative estimate of drug-likeness (QED) is 0.330. The van der Waals surface area contributed by atoms with Gasteiger partial charge in [0.15, 0.2) is 0 Å². The summed E-state index contributed by atoms with van der Waals surface area (Å²) in [6.07, 6.45) is 0. The van der Waals surface area contributed by atoms with Gasteiger partial charge in [-0.25, -0.2) is 12.1 Å². The zero-order valence-corrected chi connectivity index (χ0v) is 21.8. The SMILES string of the molecule is C[SiH]C.C[c-]1ccc(C(C)C)c1.C[c-]1ccc(C(C)C)c1.Cl.Cl.[Zr+2]. The van der Waals surface area contributed by atoms with E-state index in [1.165, 1.54) is 22.3 Å². The van der Waals surface area contributed by atoms with Crippen molar-refractivity contribution in [3.63, 3.8) is 0 Å². The van der Waals surface area contributed by atoms with Gasteiger partial charge in [0, 0.05) is 9.52 Å². The first-order valence-corrected chi connectivity index (χ1v) is 10.3. The molecule has 2 rings (SSSR count). The molecule has 0 aliphatic rings. The first kappa shape index (κ1) is 32.1. The third-order valence-electron chi connectivity index (χ3n) is 3.20. The Morgan fingerprint density at radius 2 is 1.00 bits per heavy atom. The molecular formula is C20H35Cl2SiZr. The molecule has 0 saturated carbocycles. The molecule has 0 amide bonds. The fourth-order valence-electron chi connectivity index (χ4n) is 1.89. The average molecular weight is 466 g/mol. The predicted octanol–water partition coefficient (Wildman–Crippen LogP) is 7.03. The summed E-state index contributed by atoms with van der Waals surface area (Å²) in [5.74, 6) is 1.36. The normalized spacial score (nSPS) is 8.75. The van der Waals surface area contributed by atoms with Gasteiger partial charge in [0.2, 0.25) is 0 Å². The summed E-state index contributed by atoms with van der Waals surface area (Å²) in [6, 6.07) is 13.2. The van der Waals surface area contributed by atoms with Crippen LogP contribution in [0.15, 0.2) is 36.4 Å². The maximum Gasteiger partial charge on any atom is 2.00 e. The van der Waals surface area contributed by atoms with Crippen molar-refractivity contribution in [1.29, 1.82) is 0 Å². The summed E-state index contributed by atoms with van der Waals surface area (Å²) in [6.45, 7) is 17.5. The Morgan fingerprint density at radius 3 is 1.08 bits per heavy atom. The third kappa shape index (κ3) is 14.7. The number of halogens is 2. The molecule has 0 atom stereocenters. The molecule has 0 bridgehead atoms. The van der Waals surface area contributed by atoms with E-state index in [9.17, 15) is 0 Å². The molecule has 0 N–H and O–H groups in total. The molecule has 0 nitrogen and oxygen atoms in total. The van der Waals surface area contributed by atoms with Crippen LogP contribution in [0.1, 0.15) is 61.8 Å². The molecule has 0 aliphatic carbocycles. The summed E-state index contributed by atoms with van der Waals surface area (Å²) < 4.78 is 0. The number of aryl methyl sites for hydroxylation is 2. The van der Waals surface area contributed by atoms with Crippen molar-refractivity contribution < 1.29 is 26.2 Å². The Bertz CT molecular complexity index is 443. The second-order valence-electron chi connectivity index (χ2n) is 6.33. The molecule has 1 radical (unpaired) electrons. The predicted molar refractivity (Wildman–Crippen MR) is 115 cm³/mol. The summed E-state index contributed by atoms with van der Waals surface area (Å²) in [7, 11) is 0.750. The molecule has 0 aliphatic heterocycles. The molecule has 2 aromatic carbocycles. The second-order valence-corrected chi connectivity index (χ2v) is 7.48. The fraction of sp³-hybridized carbons (Fsp3) is 0.500. The Kier molecular flexibility index (Phi) is 24.3. The van der Waals surface area contributed by atoms with E-state index in [0.29, 0.717) is 11.8 Å². The van der Waals surface area contributed by atoms with Gasteiger partial charge in [0.25, 0.3) is 0 Å². The first-order valence-electron chi connectivity index (χ1n) is 8.02. The Hall–Kier alpha value is 0.380. The molecule has 24 heavy (non-hydrogen) atoms. The van der Waals surface area contributed by atoms with E-state index in [2.05, 4.69) is 91.0 Å². The zero-order chi connectivity index (χ0) is 16.4. The monoisotopic (exact) mass is 463 g/mol. The van der Waals surface area contributed by atoms with Crippen molar-refractivity contribution in [3.05, 3.63) is 58.7 Å². The van der Waals surface area contributed by atoms with Crippen molar-refractivity contribution in [3.8, 4) is 0 Å². The molecule has 0 unspecified atom stereocenters. The smallest absolute Gasteiger partial charge is 0.210 e. The third-order valence-corrected chi connectivity index (χ3v) is 3.20. The van der Waals surface area contributed by atoms with Gasteiger partial charge < -0.3 is 0 Å². The average Bonchev–Trinajstić information content (AvgIpc) is 3.00. The zero-order valence-electron chi connectivity index (χ0n) is 16.5. The first-order chi connectivity index (χ1) is 9.81. The molecule has 0 fully saturated rings. The standard InChI is InChI=1S/2C9H13.C2H7Si.2ClH.Zr/c2*1-7(2)9-5-4-8(3)6-9;1-3-2;;;/h2*4-7H,1-3H3;3H,1-2H3;2*1H;/q2*-1;;;;+2. The minimum atomic E-state index is 0. The molecule has 2 aromatic rings. The number of hydrogen-bond donors (Lipinski definition) is 0. The summed E-state index contributed by atoms with van der Waals surface area (Å²) in [4.78, 5) is 0. The van der Waals surface area contributed by atoms with Crippen LogP contribution < -0.4 is 0 Å². The largest absolute Gasteiger partial charge is 2.00 e. The molecular weight excluding hydrogens is 430 g/mol. The molecule has 4 heteroatoms. The maximum atomic E-state index is 2.24. The van der Waals surface area contributed by atoms with Crippen molar-refractivity contribution in [2.75, 3.05) is 0 Å². The van der Waals surface area contributed by atoms with E-state index < -0.39 is 0 Å². The van der Waals surface area contributed by atoms with E-state index >= 15 is 0 Å². The molecule has 0 heterocycles. The summed E-state index contributed by atoms with van der Waals surface area (Å²) >= 11 is 0. The van der Waals surface area contributed by atoms with Crippen LogP contribution in [0, 0.1) is 13.8 Å². The molecule has 0 spiro atoms. The van der Waals surface area contributed by atoms with Gasteiger partial charge in [-0.05, 0) is 0 Å². The molecule has 137 valence electrons. The van der Waals surface area contributed by atoms with Gasteiger partial charge in [-0.3, -0.25) is 0 Å². The van der Waals surface area contributed by atoms with Gasteiger partial charge in [-0.1, -0.05) is 66.5 Å². The van der Waals surface area contributed by atoms with Crippen LogP contribution in [-0.2, 0) is 26.2 Å². The van der Waals surface area contributed by atoms with E-state index in [0.717, 1.165) is 9.52 Å². The van der Waals surface area contributed by atoms with Crippen molar-refractivity contribution in [2.45, 2.75) is 66.5 Å². The van der Waals surface area contributed by atoms with Gasteiger partial charge in [-0.2, -0.15) is 46.5 Å². The van der Waals surface area contributed by atoms with E-state index in [4.69, 9.17) is 0 Å². The molecule has 0 saturated heterocycles. The minimum absolute atomic E-state index is 0. The van der Waals surface area contributed by atoms with E-state index in [1.807, 2.05) is 0 Å². The van der Waals surface area contributed by atoms with E-state index in [-0.39, 0.29) is 51.0 Å². The van der Waals surface area contributed by atoms with Crippen LogP contribution in [0.2, 0.25) is 13.1 Å². The summed E-state index contributed by atoms with van der Waals surface area (Å²) in [5, 5.41) is 0. The summed E-state index contributed by atoms with van der Waals surface area (Å²) in [5.41, 5.74) is 5.65. The van der Waals surface area contributed by atoms with Crippen molar-refractivity contribution in [1.82, 2.24) is 0 Å². The van der Waals surface area contributed by atoms with Crippen molar-refractivity contribution >= 4 is 34.3 Å². The Labute approximate surface area is 184 Å². The maximum absolute atomic E-state index is 2.24. The van der Waals surface area contributed by atoms with Crippen LogP contribution in [-0.4, -0.2) is 9.52 Å². The van der Waals surface area contributed by atoms with Crippen LogP contribution in [0.3, 0.4) is 0 Å². The van der Waals surface area contributed by atoms with Gasteiger partial charge in [0.1, 0.15) is 0 Å². The fourth-order valence-corrected chi connectivity index (χ4v) is 1.89. The topological polar surface area (TPSA) is 0 Å². The number of rotatable bonds is 2. The van der Waals surface area contributed by atoms with Crippen LogP contribution in [0.4, 0.5) is 0 Å². The van der Waals surface area contributed by atoms with Gasteiger partial charge >= 0.3 is 26.2 Å². The van der Waals surface area contributed by atoms with Gasteiger partial charge in [0.05, 0.1) is 0 Å². The number of hydrogen-bond acceptors (Lipinski definition) is 0. The molecule has 0 aromatic heterocycles. The Morgan fingerprint density at radius 1 is 0.750 bits per heavy atom. The van der Waals surface area contributed by atoms with Crippen LogP contribution in [0.25, 0.3) is 0 Å².